The van der Waals surface area contributed by atoms with Crippen molar-refractivity contribution in [3.8, 4) is 0 Å². The Morgan fingerprint density at radius 1 is 1.04 bits per heavy atom. The third kappa shape index (κ3) is 4.63. The van der Waals surface area contributed by atoms with Crippen molar-refractivity contribution in [2.45, 2.75) is 12.8 Å². The molecule has 128 valence electrons. The van der Waals surface area contributed by atoms with E-state index in [2.05, 4.69) is 56.9 Å². The predicted octanol–water partition coefficient (Wildman–Crippen LogP) is 3.74. The summed E-state index contributed by atoms with van der Waals surface area (Å²) in [5.41, 5.74) is 3.86. The average Bonchev–Trinajstić information content (AvgIpc) is 3.03. The van der Waals surface area contributed by atoms with Crippen LogP contribution in [0, 0.1) is 0 Å². The van der Waals surface area contributed by atoms with Crippen molar-refractivity contribution in [2.75, 3.05) is 36.9 Å². The molecule has 0 saturated heterocycles. The van der Waals surface area contributed by atoms with E-state index in [-0.39, 0.29) is 24.0 Å². The number of aliphatic imine (C=N–C) groups is 1. The van der Waals surface area contributed by atoms with Crippen molar-refractivity contribution >= 4 is 41.3 Å². The highest BCUT2D eigenvalue weighted by atomic mass is 127. The molecule has 0 amide bonds. The number of hydrogen-bond acceptors (Lipinski definition) is 2. The molecule has 0 aromatic heterocycles. The van der Waals surface area contributed by atoms with Crippen LogP contribution in [0.2, 0.25) is 0 Å². The lowest BCUT2D eigenvalue weighted by molar-refractivity contribution is 0.788. The smallest absolute Gasteiger partial charge is 0.198 e. The third-order valence-electron chi connectivity index (χ3n) is 4.09. The Kier molecular flexibility index (Phi) is 7.36. The molecule has 24 heavy (non-hydrogen) atoms. The fourth-order valence-electron chi connectivity index (χ4n) is 2.93. The van der Waals surface area contributed by atoms with Crippen molar-refractivity contribution in [3.63, 3.8) is 0 Å². The molecule has 0 spiro atoms. The van der Waals surface area contributed by atoms with Crippen molar-refractivity contribution < 1.29 is 0 Å². The Morgan fingerprint density at radius 2 is 1.79 bits per heavy atom. The zero-order valence-corrected chi connectivity index (χ0v) is 16.4. The summed E-state index contributed by atoms with van der Waals surface area (Å²) in [5, 5.41) is 6.90. The Bertz CT molecular complexity index is 657. The van der Waals surface area contributed by atoms with Crippen molar-refractivity contribution in [1.29, 1.82) is 0 Å². The van der Waals surface area contributed by atoms with Crippen molar-refractivity contribution in [3.05, 3.63) is 60.2 Å². The van der Waals surface area contributed by atoms with Gasteiger partial charge in [0, 0.05) is 38.1 Å². The quantitative estimate of drug-likeness (QED) is 0.325. The van der Waals surface area contributed by atoms with E-state index in [1.54, 1.807) is 0 Å². The van der Waals surface area contributed by atoms with E-state index in [4.69, 9.17) is 0 Å². The van der Waals surface area contributed by atoms with E-state index in [9.17, 15) is 0 Å². The molecule has 1 aliphatic rings. The summed E-state index contributed by atoms with van der Waals surface area (Å²) in [7, 11) is 1.85. The summed E-state index contributed by atoms with van der Waals surface area (Å²) in [6.07, 6.45) is 2.13. The lowest BCUT2D eigenvalue weighted by Gasteiger charge is -2.22. The minimum absolute atomic E-state index is 0. The molecule has 2 N–H and O–H groups in total. The SMILES string of the molecule is CN=C(NCCCNc1ccccc1)N1CCc2ccccc21.I. The monoisotopic (exact) mass is 436 g/mol. The first-order valence-corrected chi connectivity index (χ1v) is 8.23. The van der Waals surface area contributed by atoms with Crippen molar-refractivity contribution in [2.24, 2.45) is 4.99 Å². The van der Waals surface area contributed by atoms with Crippen LogP contribution >= 0.6 is 24.0 Å². The first-order valence-electron chi connectivity index (χ1n) is 8.23. The molecule has 0 atom stereocenters. The molecule has 0 aliphatic carbocycles. The minimum Gasteiger partial charge on any atom is -0.385 e. The zero-order chi connectivity index (χ0) is 15.9. The molecule has 1 aliphatic heterocycles. The van der Waals surface area contributed by atoms with Gasteiger partial charge in [-0.3, -0.25) is 4.99 Å². The fraction of sp³-hybridized carbons (Fsp3) is 0.316. The van der Waals surface area contributed by atoms with Crippen LogP contribution in [-0.2, 0) is 6.42 Å². The Morgan fingerprint density at radius 3 is 2.58 bits per heavy atom. The van der Waals surface area contributed by atoms with Crippen LogP contribution in [0.3, 0.4) is 0 Å². The highest BCUT2D eigenvalue weighted by Crippen LogP contribution is 2.27. The van der Waals surface area contributed by atoms with Crippen LogP contribution in [-0.4, -0.2) is 32.6 Å². The Hall–Kier alpha value is -1.76. The van der Waals surface area contributed by atoms with E-state index in [0.717, 1.165) is 38.4 Å². The largest absolute Gasteiger partial charge is 0.385 e. The molecular formula is C19H25IN4. The second-order valence-electron chi connectivity index (χ2n) is 5.65. The van der Waals surface area contributed by atoms with Gasteiger partial charge in [-0.15, -0.1) is 24.0 Å². The van der Waals surface area contributed by atoms with Gasteiger partial charge in [-0.05, 0) is 36.6 Å². The molecule has 0 unspecified atom stereocenters. The summed E-state index contributed by atoms with van der Waals surface area (Å²) in [4.78, 5) is 6.71. The maximum absolute atomic E-state index is 4.44. The van der Waals surface area contributed by atoms with Gasteiger partial charge < -0.3 is 15.5 Å². The lowest BCUT2D eigenvalue weighted by atomic mass is 10.2. The second-order valence-corrected chi connectivity index (χ2v) is 5.65. The molecule has 4 nitrogen and oxygen atoms in total. The molecule has 3 rings (SSSR count). The number of rotatable bonds is 5. The van der Waals surface area contributed by atoms with E-state index in [1.807, 2.05) is 25.2 Å². The fourth-order valence-corrected chi connectivity index (χ4v) is 2.93. The number of hydrogen-bond donors (Lipinski definition) is 2. The summed E-state index contributed by atoms with van der Waals surface area (Å²) in [6, 6.07) is 18.9. The van der Waals surface area contributed by atoms with Gasteiger partial charge in [0.15, 0.2) is 5.96 Å². The van der Waals surface area contributed by atoms with E-state index in [1.165, 1.54) is 16.9 Å². The van der Waals surface area contributed by atoms with Crippen molar-refractivity contribution in [1.82, 2.24) is 5.32 Å². The van der Waals surface area contributed by atoms with Gasteiger partial charge in [0.05, 0.1) is 0 Å². The molecule has 0 fully saturated rings. The van der Waals surface area contributed by atoms with Crippen LogP contribution in [0.25, 0.3) is 0 Å². The summed E-state index contributed by atoms with van der Waals surface area (Å²) in [6.45, 7) is 2.86. The molecule has 0 saturated carbocycles. The first kappa shape index (κ1) is 18.6. The van der Waals surface area contributed by atoms with Gasteiger partial charge >= 0.3 is 0 Å². The Balaban J connectivity index is 0.00000208. The molecule has 2 aromatic rings. The van der Waals surface area contributed by atoms with Crippen LogP contribution in [0.1, 0.15) is 12.0 Å². The van der Waals surface area contributed by atoms with Gasteiger partial charge in [-0.1, -0.05) is 36.4 Å². The number of nitrogens with zero attached hydrogens (tertiary/aromatic N) is 2. The van der Waals surface area contributed by atoms with Gasteiger partial charge in [0.25, 0.3) is 0 Å². The number of anilines is 2. The van der Waals surface area contributed by atoms with Gasteiger partial charge in [-0.2, -0.15) is 0 Å². The maximum Gasteiger partial charge on any atom is 0.198 e. The predicted molar refractivity (Wildman–Crippen MR) is 114 cm³/mol. The van der Waals surface area contributed by atoms with E-state index < -0.39 is 0 Å². The number of benzene rings is 2. The van der Waals surface area contributed by atoms with Crippen LogP contribution < -0.4 is 15.5 Å². The minimum atomic E-state index is 0. The van der Waals surface area contributed by atoms with Crippen LogP contribution in [0.15, 0.2) is 59.6 Å². The topological polar surface area (TPSA) is 39.7 Å². The molecule has 2 aromatic carbocycles. The third-order valence-corrected chi connectivity index (χ3v) is 4.09. The maximum atomic E-state index is 4.44. The number of halogens is 1. The number of para-hydroxylation sites is 2. The highest BCUT2D eigenvalue weighted by molar-refractivity contribution is 14.0. The molecule has 1 heterocycles. The number of nitrogens with one attached hydrogen (secondary N) is 2. The molecule has 0 bridgehead atoms. The first-order chi connectivity index (χ1) is 11.4. The van der Waals surface area contributed by atoms with Crippen LogP contribution in [0.4, 0.5) is 11.4 Å². The van der Waals surface area contributed by atoms with E-state index >= 15 is 0 Å². The van der Waals surface area contributed by atoms with Crippen LogP contribution in [0.5, 0.6) is 0 Å². The van der Waals surface area contributed by atoms with Gasteiger partial charge in [0.1, 0.15) is 0 Å². The van der Waals surface area contributed by atoms with E-state index in [0.29, 0.717) is 0 Å². The number of guanidine groups is 1. The number of fused-ring (bicyclic) bond motifs is 1. The summed E-state index contributed by atoms with van der Waals surface area (Å²) < 4.78 is 0. The highest BCUT2D eigenvalue weighted by Gasteiger charge is 2.21. The molecular weight excluding hydrogens is 411 g/mol. The summed E-state index contributed by atoms with van der Waals surface area (Å²) >= 11 is 0. The standard InChI is InChI=1S/C19H24N4.HI/c1-20-19(23-15-12-16-8-5-6-11-18(16)23)22-14-7-13-21-17-9-3-2-4-10-17;/h2-6,8-11,21H,7,12-15H2,1H3,(H,20,22);1H. The molecule has 0 radical (unpaired) electrons. The average molecular weight is 436 g/mol. The Labute approximate surface area is 161 Å². The second kappa shape index (κ2) is 9.52. The zero-order valence-electron chi connectivity index (χ0n) is 14.0. The van der Waals surface area contributed by atoms with Gasteiger partial charge in [-0.25, -0.2) is 0 Å². The molecule has 5 heteroatoms. The summed E-state index contributed by atoms with van der Waals surface area (Å²) in [5.74, 6) is 0.967. The van der Waals surface area contributed by atoms with Gasteiger partial charge in [0.2, 0.25) is 0 Å². The normalized spacial score (nSPS) is 13.2. The lowest BCUT2D eigenvalue weighted by Crippen LogP contribution is -2.41.